The zero-order chi connectivity index (χ0) is 10.2. The van der Waals surface area contributed by atoms with E-state index in [4.69, 9.17) is 0 Å². The van der Waals surface area contributed by atoms with Gasteiger partial charge in [-0.05, 0) is 6.54 Å². The van der Waals surface area contributed by atoms with Gasteiger partial charge in [0.2, 0.25) is 12.3 Å². The van der Waals surface area contributed by atoms with Crippen LogP contribution < -0.4 is 10.6 Å². The van der Waals surface area contributed by atoms with Crippen LogP contribution >= 0.6 is 0 Å². The highest BCUT2D eigenvalue weighted by atomic mass is 16.5. The summed E-state index contributed by atoms with van der Waals surface area (Å²) in [6, 6.07) is 0. The number of nitrogens with zero attached hydrogens (tertiary/aromatic N) is 2. The van der Waals surface area contributed by atoms with Crippen LogP contribution in [0.15, 0.2) is 10.9 Å². The fourth-order valence-corrected chi connectivity index (χ4v) is 0.917. The highest BCUT2D eigenvalue weighted by Crippen LogP contribution is 1.87. The molecular formula is C8H14N4O2. The van der Waals surface area contributed by atoms with Crippen molar-refractivity contribution in [2.24, 2.45) is 0 Å². The maximum Gasteiger partial charge on any atom is 0.233 e. The molecule has 1 aromatic heterocycles. The van der Waals surface area contributed by atoms with E-state index in [2.05, 4.69) is 25.3 Å². The van der Waals surface area contributed by atoms with Gasteiger partial charge in [0.05, 0.1) is 6.54 Å². The predicted molar refractivity (Wildman–Crippen MR) is 49.6 cm³/mol. The van der Waals surface area contributed by atoms with E-state index in [0.717, 1.165) is 6.54 Å². The van der Waals surface area contributed by atoms with E-state index in [-0.39, 0.29) is 5.91 Å². The lowest BCUT2D eigenvalue weighted by atomic mass is 10.4. The summed E-state index contributed by atoms with van der Waals surface area (Å²) in [6.45, 7) is 3.62. The summed E-state index contributed by atoms with van der Waals surface area (Å²) >= 11 is 0. The first-order valence-corrected chi connectivity index (χ1v) is 4.55. The van der Waals surface area contributed by atoms with Crippen LogP contribution in [0.1, 0.15) is 12.7 Å². The number of rotatable bonds is 6. The summed E-state index contributed by atoms with van der Waals surface area (Å²) < 4.78 is 4.55. The van der Waals surface area contributed by atoms with Crippen molar-refractivity contribution in [3.05, 3.63) is 12.2 Å². The van der Waals surface area contributed by atoms with Crippen molar-refractivity contribution < 1.29 is 9.32 Å². The Bertz CT molecular complexity index is 260. The third kappa shape index (κ3) is 3.99. The Morgan fingerprint density at radius 3 is 3.14 bits per heavy atom. The monoisotopic (exact) mass is 198 g/mol. The predicted octanol–water partition coefficient (Wildman–Crippen LogP) is -0.662. The topological polar surface area (TPSA) is 80.0 Å². The number of hydrogen-bond acceptors (Lipinski definition) is 5. The second-order valence-electron chi connectivity index (χ2n) is 2.73. The maximum absolute atomic E-state index is 11.1. The summed E-state index contributed by atoms with van der Waals surface area (Å²) in [7, 11) is 0. The SMILES string of the molecule is CCNCC(=O)NCCc1ncon1. The minimum atomic E-state index is -0.0182. The van der Waals surface area contributed by atoms with E-state index >= 15 is 0 Å². The molecule has 0 bridgehead atoms. The van der Waals surface area contributed by atoms with E-state index in [0.29, 0.717) is 25.3 Å². The highest BCUT2D eigenvalue weighted by Gasteiger charge is 2.01. The molecule has 0 aliphatic heterocycles. The minimum Gasteiger partial charge on any atom is -0.355 e. The van der Waals surface area contributed by atoms with Crippen LogP contribution in [-0.2, 0) is 11.2 Å². The zero-order valence-corrected chi connectivity index (χ0v) is 8.12. The number of hydrogen-bond donors (Lipinski definition) is 2. The zero-order valence-electron chi connectivity index (χ0n) is 8.12. The number of carbonyl (C=O) groups excluding carboxylic acids is 1. The van der Waals surface area contributed by atoms with Crippen LogP contribution in [0.3, 0.4) is 0 Å². The van der Waals surface area contributed by atoms with Gasteiger partial charge in [-0.1, -0.05) is 12.1 Å². The Morgan fingerprint density at radius 2 is 2.50 bits per heavy atom. The minimum absolute atomic E-state index is 0.0182. The van der Waals surface area contributed by atoms with Gasteiger partial charge in [0.15, 0.2) is 5.82 Å². The molecule has 1 aromatic rings. The Labute approximate surface area is 82.1 Å². The van der Waals surface area contributed by atoms with E-state index in [1.165, 1.54) is 6.39 Å². The van der Waals surface area contributed by atoms with Crippen LogP contribution in [0.2, 0.25) is 0 Å². The Morgan fingerprint density at radius 1 is 1.64 bits per heavy atom. The lowest BCUT2D eigenvalue weighted by Gasteiger charge is -2.02. The molecule has 0 unspecified atom stereocenters. The van der Waals surface area contributed by atoms with Gasteiger partial charge in [0.1, 0.15) is 0 Å². The van der Waals surface area contributed by atoms with E-state index < -0.39 is 0 Å². The molecule has 0 aliphatic carbocycles. The van der Waals surface area contributed by atoms with Gasteiger partial charge in [0.25, 0.3) is 0 Å². The number of likely N-dealkylation sites (N-methyl/N-ethyl adjacent to an activating group) is 1. The van der Waals surface area contributed by atoms with Crippen molar-refractivity contribution in [3.63, 3.8) is 0 Å². The van der Waals surface area contributed by atoms with Crippen molar-refractivity contribution in [2.75, 3.05) is 19.6 Å². The van der Waals surface area contributed by atoms with Crippen molar-refractivity contribution in [1.82, 2.24) is 20.8 Å². The van der Waals surface area contributed by atoms with Gasteiger partial charge in [-0.15, -0.1) is 0 Å². The summed E-state index contributed by atoms with van der Waals surface area (Å²) in [5.41, 5.74) is 0. The van der Waals surface area contributed by atoms with Crippen LogP contribution in [0.4, 0.5) is 0 Å². The number of nitrogens with one attached hydrogen (secondary N) is 2. The first-order valence-electron chi connectivity index (χ1n) is 4.55. The quantitative estimate of drug-likeness (QED) is 0.634. The van der Waals surface area contributed by atoms with Crippen LogP contribution in [0.25, 0.3) is 0 Å². The largest absolute Gasteiger partial charge is 0.355 e. The summed E-state index contributed by atoms with van der Waals surface area (Å²) in [5, 5.41) is 9.28. The molecule has 1 heterocycles. The molecule has 78 valence electrons. The maximum atomic E-state index is 11.1. The van der Waals surface area contributed by atoms with Crippen molar-refractivity contribution in [1.29, 1.82) is 0 Å². The van der Waals surface area contributed by atoms with Gasteiger partial charge < -0.3 is 15.2 Å². The van der Waals surface area contributed by atoms with Gasteiger partial charge in [-0.25, -0.2) is 0 Å². The van der Waals surface area contributed by atoms with Crippen LogP contribution in [-0.4, -0.2) is 35.7 Å². The van der Waals surface area contributed by atoms with Crippen molar-refractivity contribution >= 4 is 5.91 Å². The van der Waals surface area contributed by atoms with Crippen molar-refractivity contribution in [3.8, 4) is 0 Å². The molecule has 0 aromatic carbocycles. The molecule has 14 heavy (non-hydrogen) atoms. The number of amides is 1. The Hall–Kier alpha value is -1.43. The van der Waals surface area contributed by atoms with Gasteiger partial charge in [0, 0.05) is 13.0 Å². The molecule has 0 saturated carbocycles. The summed E-state index contributed by atoms with van der Waals surface area (Å²) in [4.78, 5) is 14.9. The molecule has 0 spiro atoms. The van der Waals surface area contributed by atoms with Crippen molar-refractivity contribution in [2.45, 2.75) is 13.3 Å². The number of aromatic nitrogens is 2. The molecule has 1 amide bonds. The first-order chi connectivity index (χ1) is 6.83. The lowest BCUT2D eigenvalue weighted by Crippen LogP contribution is -2.34. The van der Waals surface area contributed by atoms with Gasteiger partial charge in [-0.3, -0.25) is 4.79 Å². The highest BCUT2D eigenvalue weighted by molar-refractivity contribution is 5.77. The molecule has 0 saturated heterocycles. The van der Waals surface area contributed by atoms with E-state index in [1.807, 2.05) is 6.92 Å². The third-order valence-corrected chi connectivity index (χ3v) is 1.61. The average Bonchev–Trinajstić information content (AvgIpc) is 2.67. The van der Waals surface area contributed by atoms with Crippen LogP contribution in [0, 0.1) is 0 Å². The first kappa shape index (κ1) is 10.6. The smallest absolute Gasteiger partial charge is 0.233 e. The standard InChI is InChI=1S/C8H14N4O2/c1-2-9-5-8(13)10-4-3-7-11-6-14-12-7/h6,9H,2-5H2,1H3,(H,10,13). The second kappa shape index (κ2) is 6.09. The average molecular weight is 198 g/mol. The van der Waals surface area contributed by atoms with Gasteiger partial charge in [-0.2, -0.15) is 4.98 Å². The molecule has 0 radical (unpaired) electrons. The molecule has 1 rings (SSSR count). The molecule has 0 aliphatic rings. The Balaban J connectivity index is 2.06. The van der Waals surface area contributed by atoms with E-state index in [9.17, 15) is 4.79 Å². The fourth-order valence-electron chi connectivity index (χ4n) is 0.917. The molecule has 6 heteroatoms. The molecule has 2 N–H and O–H groups in total. The fraction of sp³-hybridized carbons (Fsp3) is 0.625. The van der Waals surface area contributed by atoms with E-state index in [1.54, 1.807) is 0 Å². The molecule has 0 atom stereocenters. The number of carbonyl (C=O) groups is 1. The van der Waals surface area contributed by atoms with Gasteiger partial charge >= 0.3 is 0 Å². The lowest BCUT2D eigenvalue weighted by molar-refractivity contribution is -0.120. The van der Waals surface area contributed by atoms with Crippen LogP contribution in [0.5, 0.6) is 0 Å². The third-order valence-electron chi connectivity index (χ3n) is 1.61. The molecule has 6 nitrogen and oxygen atoms in total. The molecular weight excluding hydrogens is 184 g/mol. The summed E-state index contributed by atoms with van der Waals surface area (Å²) in [5.74, 6) is 0.587. The Kier molecular flexibility index (Phi) is 4.63. The summed E-state index contributed by atoms with van der Waals surface area (Å²) in [6.07, 6.45) is 1.87. The second-order valence-corrected chi connectivity index (χ2v) is 2.73. The normalized spacial score (nSPS) is 10.1. The molecule has 0 fully saturated rings.